The van der Waals surface area contributed by atoms with Crippen molar-refractivity contribution in [2.45, 2.75) is 43.8 Å². The average molecular weight is 180 g/mol. The van der Waals surface area contributed by atoms with Crippen LogP contribution in [0.4, 0.5) is 8.78 Å². The number of ether oxygens (including phenoxy) is 1. The van der Waals surface area contributed by atoms with E-state index < -0.39 is 12.0 Å². The average Bonchev–Trinajstić information content (AvgIpc) is 2.06. The van der Waals surface area contributed by atoms with E-state index in [0.29, 0.717) is 12.8 Å². The molecule has 1 rings (SSSR count). The first kappa shape index (κ1) is 9.86. The topological polar surface area (TPSA) is 29.5 Å². The zero-order valence-electron chi connectivity index (χ0n) is 7.09. The van der Waals surface area contributed by atoms with E-state index in [-0.39, 0.29) is 18.9 Å². The minimum atomic E-state index is -2.63. The second-order valence-corrected chi connectivity index (χ2v) is 3.34. The van der Waals surface area contributed by atoms with Crippen molar-refractivity contribution < 1.29 is 18.6 Å². The van der Waals surface area contributed by atoms with Gasteiger partial charge in [0.25, 0.3) is 6.43 Å². The van der Waals surface area contributed by atoms with Gasteiger partial charge < -0.3 is 9.84 Å². The summed E-state index contributed by atoms with van der Waals surface area (Å²) in [5, 5.41) is 9.36. The van der Waals surface area contributed by atoms with Crippen LogP contribution in [0, 0.1) is 0 Å². The van der Waals surface area contributed by atoms with Gasteiger partial charge in [0.2, 0.25) is 0 Å². The van der Waals surface area contributed by atoms with E-state index >= 15 is 0 Å². The molecule has 2 nitrogen and oxygen atoms in total. The molecule has 12 heavy (non-hydrogen) atoms. The maximum Gasteiger partial charge on any atom is 0.266 e. The van der Waals surface area contributed by atoms with E-state index in [2.05, 4.69) is 0 Å². The van der Waals surface area contributed by atoms with Crippen LogP contribution >= 0.6 is 0 Å². The van der Waals surface area contributed by atoms with Gasteiger partial charge in [-0.25, -0.2) is 8.78 Å². The first-order valence-electron chi connectivity index (χ1n) is 4.12. The van der Waals surface area contributed by atoms with E-state index in [1.54, 1.807) is 7.11 Å². The van der Waals surface area contributed by atoms with Crippen molar-refractivity contribution in [2.75, 3.05) is 7.11 Å². The van der Waals surface area contributed by atoms with E-state index in [4.69, 9.17) is 4.74 Å². The Kier molecular flexibility index (Phi) is 3.01. The number of aliphatic hydroxyl groups is 1. The molecular formula is C8H14F2O2. The molecule has 0 aromatic rings. The van der Waals surface area contributed by atoms with Crippen LogP contribution in [-0.2, 0) is 4.74 Å². The second-order valence-electron chi connectivity index (χ2n) is 3.34. The van der Waals surface area contributed by atoms with E-state index in [1.807, 2.05) is 0 Å². The lowest BCUT2D eigenvalue weighted by atomic mass is 9.83. The largest absolute Gasteiger partial charge is 0.384 e. The summed E-state index contributed by atoms with van der Waals surface area (Å²) in [7, 11) is 1.57. The van der Waals surface area contributed by atoms with E-state index in [0.717, 1.165) is 0 Å². The molecule has 0 radical (unpaired) electrons. The summed E-state index contributed by atoms with van der Waals surface area (Å²) in [5.41, 5.74) is -1.75. The monoisotopic (exact) mass is 180 g/mol. The molecule has 1 saturated carbocycles. The normalized spacial score (nSPS) is 37.2. The molecule has 0 aliphatic heterocycles. The Morgan fingerprint density at radius 2 is 1.92 bits per heavy atom. The lowest BCUT2D eigenvalue weighted by Crippen LogP contribution is -2.42. The molecular weight excluding hydrogens is 166 g/mol. The minimum Gasteiger partial charge on any atom is -0.384 e. The molecule has 1 N–H and O–H groups in total. The molecule has 0 atom stereocenters. The zero-order chi connectivity index (χ0) is 9.19. The highest BCUT2D eigenvalue weighted by molar-refractivity contribution is 4.87. The lowest BCUT2D eigenvalue weighted by molar-refractivity contribution is -0.132. The predicted octanol–water partition coefficient (Wildman–Crippen LogP) is 1.57. The highest BCUT2D eigenvalue weighted by Crippen LogP contribution is 2.34. The number of halogens is 2. The van der Waals surface area contributed by atoms with Crippen molar-refractivity contribution >= 4 is 0 Å². The molecule has 0 heterocycles. The maximum absolute atomic E-state index is 12.2. The Morgan fingerprint density at radius 1 is 1.42 bits per heavy atom. The van der Waals surface area contributed by atoms with Gasteiger partial charge in [-0.2, -0.15) is 0 Å². The molecule has 1 fully saturated rings. The lowest BCUT2D eigenvalue weighted by Gasteiger charge is -2.34. The highest BCUT2D eigenvalue weighted by atomic mass is 19.3. The van der Waals surface area contributed by atoms with Crippen molar-refractivity contribution in [2.24, 2.45) is 0 Å². The second kappa shape index (κ2) is 3.66. The van der Waals surface area contributed by atoms with Crippen molar-refractivity contribution in [1.29, 1.82) is 0 Å². The van der Waals surface area contributed by atoms with Crippen molar-refractivity contribution in [3.8, 4) is 0 Å². The van der Waals surface area contributed by atoms with Crippen LogP contribution in [0.5, 0.6) is 0 Å². The molecule has 0 saturated heterocycles. The van der Waals surface area contributed by atoms with Gasteiger partial charge in [-0.15, -0.1) is 0 Å². The molecule has 1 aliphatic rings. The maximum atomic E-state index is 12.2. The van der Waals surface area contributed by atoms with Gasteiger partial charge in [-0.05, 0) is 25.7 Å². The minimum absolute atomic E-state index is 0.0454. The number of hydrogen-bond donors (Lipinski definition) is 1. The smallest absolute Gasteiger partial charge is 0.266 e. The molecule has 0 amide bonds. The predicted molar refractivity (Wildman–Crippen MR) is 40.2 cm³/mol. The Labute approximate surface area is 70.5 Å². The standard InChI is InChI=1S/C8H14F2O2/c1-12-6-2-4-8(11,5-3-6)7(9)10/h6-7,11H,2-5H2,1H3. The third-order valence-electron chi connectivity index (χ3n) is 2.54. The van der Waals surface area contributed by atoms with Crippen LogP contribution < -0.4 is 0 Å². The molecule has 0 bridgehead atoms. The molecule has 1 aliphatic carbocycles. The van der Waals surface area contributed by atoms with Gasteiger partial charge in [0.05, 0.1) is 6.10 Å². The summed E-state index contributed by atoms with van der Waals surface area (Å²) in [4.78, 5) is 0. The first-order chi connectivity index (χ1) is 5.58. The molecule has 0 aromatic carbocycles. The van der Waals surface area contributed by atoms with Gasteiger partial charge in [-0.3, -0.25) is 0 Å². The number of rotatable bonds is 2. The molecule has 0 aromatic heterocycles. The molecule has 72 valence electrons. The van der Waals surface area contributed by atoms with Gasteiger partial charge in [0, 0.05) is 7.11 Å². The van der Waals surface area contributed by atoms with Crippen LogP contribution in [0.1, 0.15) is 25.7 Å². The van der Waals surface area contributed by atoms with E-state index in [9.17, 15) is 13.9 Å². The summed E-state index contributed by atoms with van der Waals surface area (Å²) in [6.45, 7) is 0. The molecule has 4 heteroatoms. The number of methoxy groups -OCH3 is 1. The summed E-state index contributed by atoms with van der Waals surface area (Å²) in [6.07, 6.45) is -1.25. The number of alkyl halides is 2. The van der Waals surface area contributed by atoms with Gasteiger partial charge >= 0.3 is 0 Å². The van der Waals surface area contributed by atoms with Crippen LogP contribution in [-0.4, -0.2) is 30.3 Å². The van der Waals surface area contributed by atoms with Crippen LogP contribution in [0.15, 0.2) is 0 Å². The molecule has 0 spiro atoms. The first-order valence-corrected chi connectivity index (χ1v) is 4.12. The SMILES string of the molecule is COC1CCC(O)(C(F)F)CC1. The van der Waals surface area contributed by atoms with E-state index in [1.165, 1.54) is 0 Å². The third kappa shape index (κ3) is 1.93. The van der Waals surface area contributed by atoms with Gasteiger partial charge in [0.15, 0.2) is 0 Å². The zero-order valence-corrected chi connectivity index (χ0v) is 7.09. The van der Waals surface area contributed by atoms with Crippen molar-refractivity contribution in [3.05, 3.63) is 0 Å². The number of hydrogen-bond acceptors (Lipinski definition) is 2. The van der Waals surface area contributed by atoms with Gasteiger partial charge in [-0.1, -0.05) is 0 Å². The summed E-state index contributed by atoms with van der Waals surface area (Å²) in [6, 6.07) is 0. The quantitative estimate of drug-likeness (QED) is 0.699. The van der Waals surface area contributed by atoms with Gasteiger partial charge in [0.1, 0.15) is 5.60 Å². The third-order valence-corrected chi connectivity index (χ3v) is 2.54. The Morgan fingerprint density at radius 3 is 2.25 bits per heavy atom. The summed E-state index contributed by atoms with van der Waals surface area (Å²) in [5.74, 6) is 0. The Hall–Kier alpha value is -0.220. The van der Waals surface area contributed by atoms with Crippen LogP contribution in [0.25, 0.3) is 0 Å². The summed E-state index contributed by atoms with van der Waals surface area (Å²) < 4.78 is 29.5. The van der Waals surface area contributed by atoms with Crippen LogP contribution in [0.2, 0.25) is 0 Å². The Balaban J connectivity index is 2.44. The Bertz CT molecular complexity index is 142. The fourth-order valence-electron chi connectivity index (χ4n) is 1.55. The van der Waals surface area contributed by atoms with Crippen LogP contribution in [0.3, 0.4) is 0 Å². The molecule has 0 unspecified atom stereocenters. The summed E-state index contributed by atoms with van der Waals surface area (Å²) >= 11 is 0. The van der Waals surface area contributed by atoms with Crippen molar-refractivity contribution in [1.82, 2.24) is 0 Å². The fraction of sp³-hybridized carbons (Fsp3) is 1.00. The fourth-order valence-corrected chi connectivity index (χ4v) is 1.55. The van der Waals surface area contributed by atoms with Crippen molar-refractivity contribution in [3.63, 3.8) is 0 Å². The highest BCUT2D eigenvalue weighted by Gasteiger charge is 2.41.